The molecule has 0 radical (unpaired) electrons. The summed E-state index contributed by atoms with van der Waals surface area (Å²) in [6.07, 6.45) is 1.94. The van der Waals surface area contributed by atoms with Crippen LogP contribution in [-0.2, 0) is 16.6 Å². The summed E-state index contributed by atoms with van der Waals surface area (Å²) in [5.41, 5.74) is 1.64. The Balaban J connectivity index is 1.70. The van der Waals surface area contributed by atoms with Gasteiger partial charge in [0.2, 0.25) is 10.0 Å². The maximum absolute atomic E-state index is 12.7. The van der Waals surface area contributed by atoms with Gasteiger partial charge in [-0.15, -0.1) is 11.3 Å². The lowest BCUT2D eigenvalue weighted by Crippen LogP contribution is -2.47. The number of nitrogens with zero attached hydrogens (tertiary/aromatic N) is 1. The minimum absolute atomic E-state index is 0.00983. The molecule has 6 nitrogen and oxygen atoms in total. The molecule has 27 heavy (non-hydrogen) atoms. The van der Waals surface area contributed by atoms with E-state index in [0.717, 1.165) is 38.0 Å². The largest absolute Gasteiger partial charge is 0.348 e. The third kappa shape index (κ3) is 4.95. The van der Waals surface area contributed by atoms with Crippen LogP contribution in [0.15, 0.2) is 34.5 Å². The summed E-state index contributed by atoms with van der Waals surface area (Å²) in [6.45, 7) is 6.17. The molecule has 1 aliphatic rings. The summed E-state index contributed by atoms with van der Waals surface area (Å²) in [5.74, 6) is -0.258. The number of carbonyl (C=O) groups is 1. The van der Waals surface area contributed by atoms with Crippen molar-refractivity contribution in [2.24, 2.45) is 5.14 Å². The number of amides is 1. The minimum atomic E-state index is -3.87. The highest BCUT2D eigenvalue weighted by molar-refractivity contribution is 7.89. The fraction of sp³-hybridized carbons (Fsp3) is 0.421. The molecule has 2 aromatic rings. The normalized spacial score (nSPS) is 18.4. The van der Waals surface area contributed by atoms with Crippen molar-refractivity contribution in [3.8, 4) is 0 Å². The van der Waals surface area contributed by atoms with Gasteiger partial charge in [-0.3, -0.25) is 9.69 Å². The molecular weight excluding hydrogens is 382 g/mol. The first kappa shape index (κ1) is 20.0. The van der Waals surface area contributed by atoms with Crippen molar-refractivity contribution in [1.82, 2.24) is 10.2 Å². The zero-order valence-electron chi connectivity index (χ0n) is 15.6. The summed E-state index contributed by atoms with van der Waals surface area (Å²) in [4.78, 5) is 16.4. The van der Waals surface area contributed by atoms with E-state index in [0.29, 0.717) is 11.1 Å². The average molecular weight is 408 g/mol. The lowest BCUT2D eigenvalue weighted by Gasteiger charge is -2.32. The Morgan fingerprint density at radius 1 is 1.37 bits per heavy atom. The van der Waals surface area contributed by atoms with Gasteiger partial charge >= 0.3 is 0 Å². The van der Waals surface area contributed by atoms with E-state index >= 15 is 0 Å². The van der Waals surface area contributed by atoms with Crippen LogP contribution in [0, 0.1) is 13.8 Å². The van der Waals surface area contributed by atoms with Crippen LogP contribution >= 0.6 is 11.3 Å². The second kappa shape index (κ2) is 8.10. The number of aryl methyl sites for hydroxylation is 1. The predicted octanol–water partition coefficient (Wildman–Crippen LogP) is 2.41. The molecule has 1 aliphatic heterocycles. The van der Waals surface area contributed by atoms with E-state index in [9.17, 15) is 13.2 Å². The number of sulfonamides is 1. The number of nitrogens with one attached hydrogen (secondary N) is 1. The number of nitrogens with two attached hydrogens (primary N) is 1. The molecule has 0 aliphatic carbocycles. The second-order valence-electron chi connectivity index (χ2n) is 7.09. The standard InChI is InChI=1S/C19H25N3O3S2/c1-13-9-15(10-18(14(13)2)27(20,24)25)19(23)21-16-5-3-7-22(11-16)12-17-6-4-8-26-17/h4,6,8-10,16H,3,5,7,11-12H2,1-2H3,(H,21,23)(H2,20,24,25). The first-order valence-electron chi connectivity index (χ1n) is 8.93. The molecule has 8 heteroatoms. The van der Waals surface area contributed by atoms with Crippen LogP contribution in [0.4, 0.5) is 0 Å². The highest BCUT2D eigenvalue weighted by atomic mass is 32.2. The van der Waals surface area contributed by atoms with Gasteiger partial charge in [0.05, 0.1) is 4.90 Å². The first-order chi connectivity index (χ1) is 12.7. The quantitative estimate of drug-likeness (QED) is 0.796. The van der Waals surface area contributed by atoms with Gasteiger partial charge in [-0.25, -0.2) is 13.6 Å². The van der Waals surface area contributed by atoms with Gasteiger partial charge in [0.1, 0.15) is 0 Å². The maximum Gasteiger partial charge on any atom is 0.251 e. The van der Waals surface area contributed by atoms with Crippen molar-refractivity contribution in [3.63, 3.8) is 0 Å². The maximum atomic E-state index is 12.7. The average Bonchev–Trinajstić information content (AvgIpc) is 3.09. The number of primary sulfonamides is 1. The molecule has 0 saturated carbocycles. The summed E-state index contributed by atoms with van der Waals surface area (Å²) in [7, 11) is -3.87. The highest BCUT2D eigenvalue weighted by Crippen LogP contribution is 2.21. The molecule has 1 saturated heterocycles. The Hall–Kier alpha value is -1.74. The number of hydrogen-bond donors (Lipinski definition) is 2. The van der Waals surface area contributed by atoms with E-state index in [1.165, 1.54) is 10.9 Å². The second-order valence-corrected chi connectivity index (χ2v) is 9.65. The summed E-state index contributed by atoms with van der Waals surface area (Å²) < 4.78 is 23.6. The SMILES string of the molecule is Cc1cc(C(=O)NC2CCCN(Cc3cccs3)C2)cc(S(N)(=O)=O)c1C. The Labute approximate surface area is 164 Å². The fourth-order valence-electron chi connectivity index (χ4n) is 3.46. The van der Waals surface area contributed by atoms with Crippen molar-refractivity contribution in [2.45, 2.75) is 44.2 Å². The molecule has 1 fully saturated rings. The van der Waals surface area contributed by atoms with Crippen LogP contribution in [0.1, 0.15) is 39.2 Å². The van der Waals surface area contributed by atoms with Crippen LogP contribution in [0.5, 0.6) is 0 Å². The number of piperidine rings is 1. The molecule has 146 valence electrons. The van der Waals surface area contributed by atoms with Crippen LogP contribution < -0.4 is 10.5 Å². The molecule has 1 unspecified atom stereocenters. The van der Waals surface area contributed by atoms with Crippen molar-refractivity contribution in [3.05, 3.63) is 51.2 Å². The Morgan fingerprint density at radius 3 is 2.81 bits per heavy atom. The van der Waals surface area contributed by atoms with Crippen molar-refractivity contribution in [1.29, 1.82) is 0 Å². The van der Waals surface area contributed by atoms with Gasteiger partial charge in [0.25, 0.3) is 5.91 Å². The molecule has 3 N–H and O–H groups in total. The summed E-state index contributed by atoms with van der Waals surface area (Å²) in [6, 6.07) is 7.30. The Bertz CT molecular complexity index is 924. The molecule has 1 amide bonds. The molecule has 0 spiro atoms. The van der Waals surface area contributed by atoms with E-state index in [1.807, 2.05) is 6.07 Å². The third-order valence-electron chi connectivity index (χ3n) is 4.99. The monoisotopic (exact) mass is 407 g/mol. The number of likely N-dealkylation sites (tertiary alicyclic amines) is 1. The van der Waals surface area contributed by atoms with Crippen LogP contribution in [0.2, 0.25) is 0 Å². The van der Waals surface area contributed by atoms with Crippen LogP contribution in [0.3, 0.4) is 0 Å². The highest BCUT2D eigenvalue weighted by Gasteiger charge is 2.23. The predicted molar refractivity (Wildman–Crippen MR) is 107 cm³/mol. The molecule has 1 aromatic heterocycles. The molecule has 0 bridgehead atoms. The van der Waals surface area contributed by atoms with Gasteiger partial charge in [0.15, 0.2) is 0 Å². The van der Waals surface area contributed by atoms with Crippen LogP contribution in [0.25, 0.3) is 0 Å². The summed E-state index contributed by atoms with van der Waals surface area (Å²) in [5, 5.41) is 10.4. The number of carbonyl (C=O) groups excluding carboxylic acids is 1. The van der Waals surface area contributed by atoms with Gasteiger partial charge in [-0.2, -0.15) is 0 Å². The van der Waals surface area contributed by atoms with E-state index in [1.54, 1.807) is 31.3 Å². The minimum Gasteiger partial charge on any atom is -0.348 e. The smallest absolute Gasteiger partial charge is 0.251 e. The van der Waals surface area contributed by atoms with E-state index in [-0.39, 0.29) is 16.8 Å². The molecule has 3 rings (SSSR count). The van der Waals surface area contributed by atoms with E-state index in [2.05, 4.69) is 21.7 Å². The fourth-order valence-corrected chi connectivity index (χ4v) is 5.09. The number of benzene rings is 1. The topological polar surface area (TPSA) is 92.5 Å². The first-order valence-corrected chi connectivity index (χ1v) is 11.4. The molecule has 1 aromatic carbocycles. The molecular formula is C19H25N3O3S2. The van der Waals surface area contributed by atoms with Gasteiger partial charge in [-0.1, -0.05) is 6.07 Å². The Kier molecular flexibility index (Phi) is 6.00. The molecule has 1 atom stereocenters. The van der Waals surface area contributed by atoms with Gasteiger partial charge in [-0.05, 0) is 67.9 Å². The van der Waals surface area contributed by atoms with Gasteiger partial charge < -0.3 is 5.32 Å². The lowest BCUT2D eigenvalue weighted by atomic mass is 10.0. The number of hydrogen-bond acceptors (Lipinski definition) is 5. The third-order valence-corrected chi connectivity index (χ3v) is 6.89. The van der Waals surface area contributed by atoms with E-state index in [4.69, 9.17) is 5.14 Å². The van der Waals surface area contributed by atoms with Crippen molar-refractivity contribution in [2.75, 3.05) is 13.1 Å². The summed E-state index contributed by atoms with van der Waals surface area (Å²) >= 11 is 1.74. The van der Waals surface area contributed by atoms with Crippen LogP contribution in [-0.4, -0.2) is 38.4 Å². The lowest BCUT2D eigenvalue weighted by molar-refractivity contribution is 0.0901. The van der Waals surface area contributed by atoms with Crippen molar-refractivity contribution >= 4 is 27.3 Å². The number of thiophene rings is 1. The number of rotatable bonds is 5. The van der Waals surface area contributed by atoms with Crippen molar-refractivity contribution < 1.29 is 13.2 Å². The molecule has 2 heterocycles. The zero-order valence-corrected chi connectivity index (χ0v) is 17.2. The zero-order chi connectivity index (χ0) is 19.6. The Morgan fingerprint density at radius 2 is 2.15 bits per heavy atom. The van der Waals surface area contributed by atoms with Gasteiger partial charge in [0, 0.05) is 29.6 Å². The van der Waals surface area contributed by atoms with E-state index < -0.39 is 10.0 Å².